The van der Waals surface area contributed by atoms with Gasteiger partial charge in [-0.15, -0.1) is 0 Å². The molecule has 24 heavy (non-hydrogen) atoms. The zero-order valence-electron chi connectivity index (χ0n) is 13.4. The Labute approximate surface area is 140 Å². The molecule has 0 spiro atoms. The highest BCUT2D eigenvalue weighted by Crippen LogP contribution is 2.17. The first kappa shape index (κ1) is 15.8. The van der Waals surface area contributed by atoms with Crippen LogP contribution in [0.2, 0.25) is 0 Å². The lowest BCUT2D eigenvalue weighted by atomic mass is 10.1. The Balaban J connectivity index is 1.58. The van der Waals surface area contributed by atoms with Crippen LogP contribution < -0.4 is 5.32 Å². The molecule has 5 nitrogen and oxygen atoms in total. The van der Waals surface area contributed by atoms with E-state index in [0.29, 0.717) is 18.5 Å². The molecule has 5 heteroatoms. The molecule has 0 aliphatic carbocycles. The maximum Gasteiger partial charge on any atom is 0.255 e. The number of aromatic hydroxyl groups is 1. The second-order valence-electron chi connectivity index (χ2n) is 5.66. The standard InChI is InChI=1S/C19H19N3O2/c1-14-7-8-18(23)17(11-14)19(24)20-10-9-15-12-21-22(13-15)16-5-3-2-4-6-16/h2-8,11-13,23H,9-10H2,1H3,(H,20,24). The van der Waals surface area contributed by atoms with Gasteiger partial charge in [-0.3, -0.25) is 4.79 Å². The number of carbonyl (C=O) groups is 1. The van der Waals surface area contributed by atoms with Gasteiger partial charge in [0, 0.05) is 12.7 Å². The number of aromatic nitrogens is 2. The summed E-state index contributed by atoms with van der Waals surface area (Å²) in [5.41, 5.74) is 3.27. The number of rotatable bonds is 5. The van der Waals surface area contributed by atoms with Gasteiger partial charge in [-0.2, -0.15) is 5.10 Å². The maximum atomic E-state index is 12.1. The molecule has 2 aromatic carbocycles. The van der Waals surface area contributed by atoms with Crippen LogP contribution in [0.25, 0.3) is 5.69 Å². The average molecular weight is 321 g/mol. The molecule has 0 radical (unpaired) electrons. The summed E-state index contributed by atoms with van der Waals surface area (Å²) in [6.07, 6.45) is 4.42. The number of amides is 1. The Hall–Kier alpha value is -3.08. The smallest absolute Gasteiger partial charge is 0.255 e. The molecule has 3 rings (SSSR count). The molecule has 3 aromatic rings. The Morgan fingerprint density at radius 3 is 2.79 bits per heavy atom. The van der Waals surface area contributed by atoms with E-state index in [2.05, 4.69) is 10.4 Å². The number of para-hydroxylation sites is 1. The molecule has 0 aliphatic rings. The number of phenols is 1. The van der Waals surface area contributed by atoms with E-state index in [1.165, 1.54) is 6.07 Å². The van der Waals surface area contributed by atoms with Gasteiger partial charge >= 0.3 is 0 Å². The fourth-order valence-electron chi connectivity index (χ4n) is 2.46. The minimum Gasteiger partial charge on any atom is -0.507 e. The lowest BCUT2D eigenvalue weighted by molar-refractivity contribution is 0.0951. The van der Waals surface area contributed by atoms with E-state index in [0.717, 1.165) is 16.8 Å². The molecule has 0 aliphatic heterocycles. The molecule has 0 unspecified atom stereocenters. The maximum absolute atomic E-state index is 12.1. The fraction of sp³-hybridized carbons (Fsp3) is 0.158. The number of phenolic OH excluding ortho intramolecular Hbond substituents is 1. The Morgan fingerprint density at radius 1 is 1.21 bits per heavy atom. The van der Waals surface area contributed by atoms with Gasteiger partial charge in [0.15, 0.2) is 0 Å². The lowest BCUT2D eigenvalue weighted by Crippen LogP contribution is -2.25. The van der Waals surface area contributed by atoms with Crippen molar-refractivity contribution in [2.75, 3.05) is 6.54 Å². The van der Waals surface area contributed by atoms with Crippen molar-refractivity contribution < 1.29 is 9.90 Å². The number of hydrogen-bond acceptors (Lipinski definition) is 3. The molecule has 1 aromatic heterocycles. The van der Waals surface area contributed by atoms with Gasteiger partial charge in [-0.05, 0) is 43.2 Å². The van der Waals surface area contributed by atoms with Gasteiger partial charge in [0.05, 0.1) is 17.4 Å². The molecule has 0 saturated heterocycles. The predicted octanol–water partition coefficient (Wildman–Crippen LogP) is 2.86. The van der Waals surface area contributed by atoms with Gasteiger partial charge in [0.25, 0.3) is 5.91 Å². The minimum atomic E-state index is -0.272. The van der Waals surface area contributed by atoms with Crippen LogP contribution in [-0.2, 0) is 6.42 Å². The van der Waals surface area contributed by atoms with Crippen LogP contribution in [0.15, 0.2) is 60.9 Å². The molecule has 0 bridgehead atoms. The van der Waals surface area contributed by atoms with Gasteiger partial charge in [0.1, 0.15) is 5.75 Å². The quantitative estimate of drug-likeness (QED) is 0.759. The summed E-state index contributed by atoms with van der Waals surface area (Å²) >= 11 is 0. The zero-order chi connectivity index (χ0) is 16.9. The average Bonchev–Trinajstić information content (AvgIpc) is 3.06. The van der Waals surface area contributed by atoms with Crippen molar-refractivity contribution >= 4 is 5.91 Å². The van der Waals surface area contributed by atoms with E-state index in [1.54, 1.807) is 18.3 Å². The molecular formula is C19H19N3O2. The SMILES string of the molecule is Cc1ccc(O)c(C(=O)NCCc2cnn(-c3ccccc3)c2)c1. The zero-order valence-corrected chi connectivity index (χ0v) is 13.4. The molecule has 0 fully saturated rings. The number of hydrogen-bond donors (Lipinski definition) is 2. The first-order chi connectivity index (χ1) is 11.6. The van der Waals surface area contributed by atoms with Gasteiger partial charge < -0.3 is 10.4 Å². The van der Waals surface area contributed by atoms with Crippen LogP contribution in [0, 0.1) is 6.92 Å². The van der Waals surface area contributed by atoms with Crippen molar-refractivity contribution in [3.05, 3.63) is 77.6 Å². The monoisotopic (exact) mass is 321 g/mol. The van der Waals surface area contributed by atoms with Crippen LogP contribution in [0.3, 0.4) is 0 Å². The predicted molar refractivity (Wildman–Crippen MR) is 92.4 cm³/mol. The third kappa shape index (κ3) is 3.63. The number of aryl methyl sites for hydroxylation is 1. The topological polar surface area (TPSA) is 67.2 Å². The normalized spacial score (nSPS) is 10.5. The van der Waals surface area contributed by atoms with Crippen molar-refractivity contribution in [1.82, 2.24) is 15.1 Å². The summed E-state index contributed by atoms with van der Waals surface area (Å²) in [5, 5.41) is 16.9. The van der Waals surface area contributed by atoms with E-state index in [4.69, 9.17) is 0 Å². The molecule has 0 atom stereocenters. The number of carbonyl (C=O) groups excluding carboxylic acids is 1. The van der Waals surface area contributed by atoms with E-state index < -0.39 is 0 Å². The highest BCUT2D eigenvalue weighted by Gasteiger charge is 2.10. The van der Waals surface area contributed by atoms with E-state index in [-0.39, 0.29) is 11.7 Å². The third-order valence-corrected chi connectivity index (χ3v) is 3.75. The Kier molecular flexibility index (Phi) is 4.61. The van der Waals surface area contributed by atoms with Crippen molar-refractivity contribution in [2.45, 2.75) is 13.3 Å². The summed E-state index contributed by atoms with van der Waals surface area (Å²) in [4.78, 5) is 12.1. The molecule has 1 heterocycles. The number of benzene rings is 2. The second-order valence-corrected chi connectivity index (χ2v) is 5.66. The van der Waals surface area contributed by atoms with E-state index in [1.807, 2.05) is 48.1 Å². The summed E-state index contributed by atoms with van der Waals surface area (Å²) in [5.74, 6) is -0.276. The van der Waals surface area contributed by atoms with Crippen molar-refractivity contribution in [3.63, 3.8) is 0 Å². The van der Waals surface area contributed by atoms with Crippen LogP contribution in [0.5, 0.6) is 5.75 Å². The molecule has 0 saturated carbocycles. The molecule has 1 amide bonds. The highest BCUT2D eigenvalue weighted by molar-refractivity contribution is 5.96. The van der Waals surface area contributed by atoms with Gasteiger partial charge in [0.2, 0.25) is 0 Å². The highest BCUT2D eigenvalue weighted by atomic mass is 16.3. The molecule has 122 valence electrons. The summed E-state index contributed by atoms with van der Waals surface area (Å²) in [6.45, 7) is 2.36. The Morgan fingerprint density at radius 2 is 2.00 bits per heavy atom. The minimum absolute atomic E-state index is 0.00463. The third-order valence-electron chi connectivity index (χ3n) is 3.75. The lowest BCUT2D eigenvalue weighted by Gasteiger charge is -2.07. The summed E-state index contributed by atoms with van der Waals surface area (Å²) in [7, 11) is 0. The second kappa shape index (κ2) is 7.00. The van der Waals surface area contributed by atoms with Crippen LogP contribution in [0.1, 0.15) is 21.5 Å². The molecule has 2 N–H and O–H groups in total. The molecular weight excluding hydrogens is 302 g/mol. The number of nitrogens with one attached hydrogen (secondary N) is 1. The Bertz CT molecular complexity index is 841. The van der Waals surface area contributed by atoms with Crippen molar-refractivity contribution in [1.29, 1.82) is 0 Å². The van der Waals surface area contributed by atoms with Crippen LogP contribution >= 0.6 is 0 Å². The van der Waals surface area contributed by atoms with Gasteiger partial charge in [-0.1, -0.05) is 29.8 Å². The van der Waals surface area contributed by atoms with Crippen LogP contribution in [-0.4, -0.2) is 27.3 Å². The van der Waals surface area contributed by atoms with Crippen LogP contribution in [0.4, 0.5) is 0 Å². The van der Waals surface area contributed by atoms with Gasteiger partial charge in [-0.25, -0.2) is 4.68 Å². The van der Waals surface area contributed by atoms with Crippen molar-refractivity contribution in [3.8, 4) is 11.4 Å². The fourth-order valence-corrected chi connectivity index (χ4v) is 2.46. The first-order valence-electron chi connectivity index (χ1n) is 7.80. The summed E-state index contributed by atoms with van der Waals surface area (Å²) in [6, 6.07) is 14.8. The largest absolute Gasteiger partial charge is 0.507 e. The van der Waals surface area contributed by atoms with E-state index >= 15 is 0 Å². The van der Waals surface area contributed by atoms with E-state index in [9.17, 15) is 9.90 Å². The van der Waals surface area contributed by atoms with Crippen molar-refractivity contribution in [2.24, 2.45) is 0 Å². The first-order valence-corrected chi connectivity index (χ1v) is 7.80. The summed E-state index contributed by atoms with van der Waals surface area (Å²) < 4.78 is 1.81. The number of nitrogens with zero attached hydrogens (tertiary/aromatic N) is 2.